The third kappa shape index (κ3) is 2.85. The molecule has 0 aliphatic carbocycles. The van der Waals surface area contributed by atoms with E-state index in [9.17, 15) is 4.79 Å². The predicted octanol–water partition coefficient (Wildman–Crippen LogP) is 0.966. The molecule has 0 bridgehead atoms. The molecule has 0 spiro atoms. The highest BCUT2D eigenvalue weighted by atomic mass is 16.2. The van der Waals surface area contributed by atoms with Gasteiger partial charge in [0, 0.05) is 25.8 Å². The Balaban J connectivity index is 1.92. The van der Waals surface area contributed by atoms with Gasteiger partial charge >= 0.3 is 0 Å². The van der Waals surface area contributed by atoms with Crippen molar-refractivity contribution in [2.75, 3.05) is 27.2 Å². The number of hydrogen-bond acceptors (Lipinski definition) is 3. The average molecular weight is 236 g/mol. The predicted molar refractivity (Wildman–Crippen MR) is 65.8 cm³/mol. The lowest BCUT2D eigenvalue weighted by atomic mass is 10.0. The van der Waals surface area contributed by atoms with Gasteiger partial charge in [0.15, 0.2) is 0 Å². The first-order valence-corrected chi connectivity index (χ1v) is 6.13. The van der Waals surface area contributed by atoms with Crippen LogP contribution in [-0.2, 0) is 0 Å². The summed E-state index contributed by atoms with van der Waals surface area (Å²) in [6.45, 7) is 1.93. The van der Waals surface area contributed by atoms with Crippen LogP contribution in [0.2, 0.25) is 0 Å². The number of aromatic nitrogens is 2. The summed E-state index contributed by atoms with van der Waals surface area (Å²) in [5.41, 5.74) is 0.631. The zero-order valence-corrected chi connectivity index (χ0v) is 10.5. The van der Waals surface area contributed by atoms with Crippen LogP contribution in [0.15, 0.2) is 12.4 Å². The lowest BCUT2D eigenvalue weighted by Crippen LogP contribution is -2.45. The van der Waals surface area contributed by atoms with Crippen molar-refractivity contribution in [2.45, 2.75) is 25.3 Å². The van der Waals surface area contributed by atoms with E-state index < -0.39 is 0 Å². The minimum Gasteiger partial charge on any atom is -0.340 e. The molecule has 2 heterocycles. The fourth-order valence-corrected chi connectivity index (χ4v) is 2.36. The Labute approximate surface area is 102 Å². The van der Waals surface area contributed by atoms with Crippen LogP contribution in [0.5, 0.6) is 0 Å². The van der Waals surface area contributed by atoms with Gasteiger partial charge in [-0.3, -0.25) is 9.89 Å². The Morgan fingerprint density at radius 1 is 1.65 bits per heavy atom. The zero-order chi connectivity index (χ0) is 12.3. The molecule has 5 heteroatoms. The van der Waals surface area contributed by atoms with E-state index in [1.54, 1.807) is 17.3 Å². The molecule has 2 rings (SSSR count). The second-order valence-corrected chi connectivity index (χ2v) is 4.80. The number of carbonyl (C=O) groups is 1. The number of nitrogens with one attached hydrogen (secondary N) is 1. The van der Waals surface area contributed by atoms with Crippen LogP contribution >= 0.6 is 0 Å². The Morgan fingerprint density at radius 3 is 3.12 bits per heavy atom. The van der Waals surface area contributed by atoms with E-state index in [0.29, 0.717) is 11.6 Å². The van der Waals surface area contributed by atoms with E-state index >= 15 is 0 Å². The van der Waals surface area contributed by atoms with E-state index in [1.807, 2.05) is 7.05 Å². The van der Waals surface area contributed by atoms with Gasteiger partial charge in [-0.1, -0.05) is 6.42 Å². The van der Waals surface area contributed by atoms with Gasteiger partial charge < -0.3 is 9.80 Å². The molecule has 94 valence electrons. The third-order valence-corrected chi connectivity index (χ3v) is 3.50. The number of H-pyrrole nitrogens is 1. The molecule has 1 aromatic heterocycles. The van der Waals surface area contributed by atoms with E-state index in [0.717, 1.165) is 13.1 Å². The Hall–Kier alpha value is -1.36. The molecule has 0 aromatic carbocycles. The van der Waals surface area contributed by atoms with Crippen LogP contribution in [0, 0.1) is 0 Å². The van der Waals surface area contributed by atoms with Gasteiger partial charge in [0.2, 0.25) is 0 Å². The van der Waals surface area contributed by atoms with Crippen LogP contribution in [0.25, 0.3) is 0 Å². The highest BCUT2D eigenvalue weighted by molar-refractivity contribution is 5.93. The molecular formula is C12H20N4O. The lowest BCUT2D eigenvalue weighted by molar-refractivity contribution is 0.0717. The van der Waals surface area contributed by atoms with Crippen LogP contribution in [0.4, 0.5) is 0 Å². The molecule has 1 amide bonds. The first-order valence-electron chi connectivity index (χ1n) is 6.13. The van der Waals surface area contributed by atoms with Gasteiger partial charge in [-0.25, -0.2) is 0 Å². The summed E-state index contributed by atoms with van der Waals surface area (Å²) < 4.78 is 0. The summed E-state index contributed by atoms with van der Waals surface area (Å²) in [6.07, 6.45) is 6.93. The number of aromatic amines is 1. The smallest absolute Gasteiger partial charge is 0.256 e. The van der Waals surface area contributed by atoms with Gasteiger partial charge in [0.25, 0.3) is 5.91 Å². The van der Waals surface area contributed by atoms with Crippen molar-refractivity contribution in [1.29, 1.82) is 0 Å². The Morgan fingerprint density at radius 2 is 2.47 bits per heavy atom. The molecule has 1 aromatic rings. The zero-order valence-electron chi connectivity index (χ0n) is 10.5. The summed E-state index contributed by atoms with van der Waals surface area (Å²) in [6, 6.07) is 0.490. The van der Waals surface area contributed by atoms with Gasteiger partial charge in [-0.15, -0.1) is 0 Å². The molecule has 0 saturated carbocycles. The highest BCUT2D eigenvalue weighted by Crippen LogP contribution is 2.16. The van der Waals surface area contributed by atoms with Gasteiger partial charge in [-0.05, 0) is 26.4 Å². The number of piperidine rings is 1. The first kappa shape index (κ1) is 12.1. The quantitative estimate of drug-likeness (QED) is 0.850. The molecule has 1 atom stereocenters. The minimum atomic E-state index is 0.0396. The molecular weight excluding hydrogens is 216 g/mol. The van der Waals surface area contributed by atoms with Crippen LogP contribution in [-0.4, -0.2) is 59.1 Å². The molecule has 1 aliphatic heterocycles. The van der Waals surface area contributed by atoms with Crippen LogP contribution in [0.1, 0.15) is 29.6 Å². The number of hydrogen-bond donors (Lipinski definition) is 1. The fraction of sp³-hybridized carbons (Fsp3) is 0.667. The molecule has 17 heavy (non-hydrogen) atoms. The van der Waals surface area contributed by atoms with Gasteiger partial charge in [0.05, 0.1) is 11.8 Å². The number of likely N-dealkylation sites (tertiary alicyclic amines) is 1. The van der Waals surface area contributed by atoms with Crippen molar-refractivity contribution in [3.05, 3.63) is 18.0 Å². The molecule has 1 aliphatic rings. The van der Waals surface area contributed by atoms with E-state index in [1.165, 1.54) is 19.3 Å². The van der Waals surface area contributed by atoms with Gasteiger partial charge in [0.1, 0.15) is 0 Å². The maximum Gasteiger partial charge on any atom is 0.256 e. The van der Waals surface area contributed by atoms with Crippen molar-refractivity contribution in [3.63, 3.8) is 0 Å². The molecule has 0 unspecified atom stereocenters. The summed E-state index contributed by atoms with van der Waals surface area (Å²) in [4.78, 5) is 16.2. The SMILES string of the molecule is CN(C[C@H]1CCCCN1C)C(=O)c1cn[nH]c1. The second kappa shape index (κ2) is 5.31. The van der Waals surface area contributed by atoms with Crippen molar-refractivity contribution in [1.82, 2.24) is 20.0 Å². The number of carbonyl (C=O) groups excluding carboxylic acids is 1. The molecule has 1 saturated heterocycles. The molecule has 1 N–H and O–H groups in total. The molecule has 1 fully saturated rings. The summed E-state index contributed by atoms with van der Waals surface area (Å²) >= 11 is 0. The third-order valence-electron chi connectivity index (χ3n) is 3.50. The standard InChI is InChI=1S/C12H20N4O/c1-15-6-4-3-5-11(15)9-16(2)12(17)10-7-13-14-8-10/h7-8,11H,3-6,9H2,1-2H3,(H,13,14)/t11-/m1/s1. The Kier molecular flexibility index (Phi) is 3.78. The summed E-state index contributed by atoms with van der Waals surface area (Å²) in [7, 11) is 4.00. The van der Waals surface area contributed by atoms with Crippen molar-refractivity contribution in [2.24, 2.45) is 0 Å². The van der Waals surface area contributed by atoms with E-state index in [-0.39, 0.29) is 5.91 Å². The van der Waals surface area contributed by atoms with E-state index in [2.05, 4.69) is 22.1 Å². The number of rotatable bonds is 3. The number of nitrogens with zero attached hydrogens (tertiary/aromatic N) is 3. The lowest BCUT2D eigenvalue weighted by Gasteiger charge is -2.35. The molecule has 0 radical (unpaired) electrons. The van der Waals surface area contributed by atoms with Crippen LogP contribution in [0.3, 0.4) is 0 Å². The van der Waals surface area contributed by atoms with Crippen LogP contribution < -0.4 is 0 Å². The number of likely N-dealkylation sites (N-methyl/N-ethyl adjacent to an activating group) is 2. The van der Waals surface area contributed by atoms with Crippen molar-refractivity contribution < 1.29 is 4.79 Å². The average Bonchev–Trinajstić information content (AvgIpc) is 2.84. The monoisotopic (exact) mass is 236 g/mol. The first-order chi connectivity index (χ1) is 8.18. The highest BCUT2D eigenvalue weighted by Gasteiger charge is 2.22. The Bertz CT molecular complexity index is 363. The maximum atomic E-state index is 12.0. The van der Waals surface area contributed by atoms with Gasteiger partial charge in [-0.2, -0.15) is 5.10 Å². The normalized spacial score (nSPS) is 21.4. The largest absolute Gasteiger partial charge is 0.340 e. The minimum absolute atomic E-state index is 0.0396. The summed E-state index contributed by atoms with van der Waals surface area (Å²) in [5, 5.41) is 6.47. The topological polar surface area (TPSA) is 52.2 Å². The van der Waals surface area contributed by atoms with Crippen molar-refractivity contribution >= 4 is 5.91 Å². The van der Waals surface area contributed by atoms with Crippen molar-refractivity contribution in [3.8, 4) is 0 Å². The summed E-state index contributed by atoms with van der Waals surface area (Å²) in [5.74, 6) is 0.0396. The maximum absolute atomic E-state index is 12.0. The molecule has 5 nitrogen and oxygen atoms in total. The second-order valence-electron chi connectivity index (χ2n) is 4.80. The fourth-order valence-electron chi connectivity index (χ4n) is 2.36. The van der Waals surface area contributed by atoms with E-state index in [4.69, 9.17) is 0 Å². The number of amides is 1.